The van der Waals surface area contributed by atoms with Crippen molar-refractivity contribution in [2.45, 2.75) is 32.4 Å². The SMILES string of the molecule is CC1(C)NC(=O)CCN(Cc2ccc(F)c(F)c2)C1=O. The summed E-state index contributed by atoms with van der Waals surface area (Å²) >= 11 is 0. The van der Waals surface area contributed by atoms with Crippen molar-refractivity contribution < 1.29 is 18.4 Å². The predicted molar refractivity (Wildman–Crippen MR) is 68.6 cm³/mol. The van der Waals surface area contributed by atoms with E-state index in [0.29, 0.717) is 5.56 Å². The van der Waals surface area contributed by atoms with Crippen LogP contribution in [0, 0.1) is 11.6 Å². The fourth-order valence-corrected chi connectivity index (χ4v) is 2.21. The maximum atomic E-state index is 13.2. The van der Waals surface area contributed by atoms with Crippen molar-refractivity contribution in [2.75, 3.05) is 6.54 Å². The van der Waals surface area contributed by atoms with Gasteiger partial charge in [0, 0.05) is 19.5 Å². The van der Waals surface area contributed by atoms with E-state index in [9.17, 15) is 18.4 Å². The molecule has 1 aliphatic heterocycles. The van der Waals surface area contributed by atoms with E-state index in [1.165, 1.54) is 11.0 Å². The highest BCUT2D eigenvalue weighted by Gasteiger charge is 2.36. The summed E-state index contributed by atoms with van der Waals surface area (Å²) in [5, 5.41) is 2.64. The summed E-state index contributed by atoms with van der Waals surface area (Å²) in [6.45, 7) is 3.65. The fourth-order valence-electron chi connectivity index (χ4n) is 2.21. The van der Waals surface area contributed by atoms with Crippen molar-refractivity contribution in [1.29, 1.82) is 0 Å². The van der Waals surface area contributed by atoms with Crippen molar-refractivity contribution in [1.82, 2.24) is 10.2 Å². The summed E-state index contributed by atoms with van der Waals surface area (Å²) in [6, 6.07) is 3.52. The topological polar surface area (TPSA) is 49.4 Å². The fraction of sp³-hybridized carbons (Fsp3) is 0.429. The number of hydrogen-bond acceptors (Lipinski definition) is 2. The van der Waals surface area contributed by atoms with E-state index in [1.807, 2.05) is 0 Å². The third kappa shape index (κ3) is 2.95. The number of nitrogens with zero attached hydrogens (tertiary/aromatic N) is 1. The maximum absolute atomic E-state index is 13.2. The average Bonchev–Trinajstić information content (AvgIpc) is 2.45. The third-order valence-corrected chi connectivity index (χ3v) is 3.24. The molecule has 1 saturated heterocycles. The summed E-state index contributed by atoms with van der Waals surface area (Å²) in [5.74, 6) is -2.31. The summed E-state index contributed by atoms with van der Waals surface area (Å²) in [5.41, 5.74) is -0.506. The van der Waals surface area contributed by atoms with Crippen LogP contribution in [-0.2, 0) is 16.1 Å². The Balaban J connectivity index is 2.20. The molecule has 0 unspecified atom stereocenters. The van der Waals surface area contributed by atoms with Gasteiger partial charge in [-0.3, -0.25) is 9.59 Å². The number of hydrogen-bond donors (Lipinski definition) is 1. The molecule has 0 radical (unpaired) electrons. The molecule has 1 heterocycles. The molecule has 1 aromatic carbocycles. The molecule has 20 heavy (non-hydrogen) atoms. The van der Waals surface area contributed by atoms with Crippen molar-refractivity contribution in [3.05, 3.63) is 35.4 Å². The van der Waals surface area contributed by atoms with E-state index in [1.54, 1.807) is 13.8 Å². The van der Waals surface area contributed by atoms with Gasteiger partial charge in [-0.15, -0.1) is 0 Å². The van der Waals surface area contributed by atoms with Crippen LogP contribution in [0.2, 0.25) is 0 Å². The minimum absolute atomic E-state index is 0.147. The molecule has 0 aromatic heterocycles. The number of halogens is 2. The van der Waals surface area contributed by atoms with Gasteiger partial charge in [-0.25, -0.2) is 8.78 Å². The Labute approximate surface area is 115 Å². The van der Waals surface area contributed by atoms with Crippen LogP contribution in [0.15, 0.2) is 18.2 Å². The summed E-state index contributed by atoms with van der Waals surface area (Å²) in [7, 11) is 0. The molecule has 0 atom stereocenters. The van der Waals surface area contributed by atoms with Crippen molar-refractivity contribution in [2.24, 2.45) is 0 Å². The van der Waals surface area contributed by atoms with Crippen LogP contribution >= 0.6 is 0 Å². The highest BCUT2D eigenvalue weighted by atomic mass is 19.2. The van der Waals surface area contributed by atoms with Crippen LogP contribution < -0.4 is 5.32 Å². The first-order valence-corrected chi connectivity index (χ1v) is 6.34. The number of carbonyl (C=O) groups excluding carboxylic acids is 2. The van der Waals surface area contributed by atoms with Crippen LogP contribution in [0.1, 0.15) is 25.8 Å². The number of amides is 2. The second-order valence-corrected chi connectivity index (χ2v) is 5.40. The first kappa shape index (κ1) is 14.4. The van der Waals surface area contributed by atoms with Crippen LogP contribution in [0.5, 0.6) is 0 Å². The quantitative estimate of drug-likeness (QED) is 0.895. The van der Waals surface area contributed by atoms with Crippen LogP contribution in [-0.4, -0.2) is 28.8 Å². The molecule has 0 aliphatic carbocycles. The van der Waals surface area contributed by atoms with Crippen molar-refractivity contribution >= 4 is 11.8 Å². The lowest BCUT2D eigenvalue weighted by Gasteiger charge is -2.28. The molecular weight excluding hydrogens is 266 g/mol. The van der Waals surface area contributed by atoms with Gasteiger partial charge in [0.25, 0.3) is 0 Å². The zero-order chi connectivity index (χ0) is 14.9. The van der Waals surface area contributed by atoms with Crippen molar-refractivity contribution in [3.8, 4) is 0 Å². The van der Waals surface area contributed by atoms with Gasteiger partial charge in [0.15, 0.2) is 11.6 Å². The first-order chi connectivity index (χ1) is 9.29. The minimum Gasteiger partial charge on any atom is -0.342 e. The standard InChI is InChI=1S/C14H16F2N2O2/c1-14(2)13(20)18(6-5-12(19)17-14)8-9-3-4-10(15)11(16)7-9/h3-4,7H,5-6,8H2,1-2H3,(H,17,19). The number of benzene rings is 1. The molecule has 1 N–H and O–H groups in total. The van der Waals surface area contributed by atoms with E-state index in [0.717, 1.165) is 12.1 Å². The van der Waals surface area contributed by atoms with Gasteiger partial charge in [0.1, 0.15) is 5.54 Å². The molecule has 6 heteroatoms. The Morgan fingerprint density at radius 1 is 1.25 bits per heavy atom. The summed E-state index contributed by atoms with van der Waals surface area (Å²) in [6.07, 6.45) is 0.193. The largest absolute Gasteiger partial charge is 0.342 e. The van der Waals surface area contributed by atoms with Gasteiger partial charge >= 0.3 is 0 Å². The predicted octanol–water partition coefficient (Wildman–Crippen LogP) is 1.59. The monoisotopic (exact) mass is 282 g/mol. The van der Waals surface area contributed by atoms with E-state index in [4.69, 9.17) is 0 Å². The molecule has 2 rings (SSSR count). The zero-order valence-corrected chi connectivity index (χ0v) is 11.4. The highest BCUT2D eigenvalue weighted by Crippen LogP contribution is 2.17. The molecule has 1 aromatic rings. The smallest absolute Gasteiger partial charge is 0.248 e. The van der Waals surface area contributed by atoms with Gasteiger partial charge in [-0.1, -0.05) is 6.07 Å². The van der Waals surface area contributed by atoms with Crippen molar-refractivity contribution in [3.63, 3.8) is 0 Å². The Bertz CT molecular complexity index is 558. The van der Waals surface area contributed by atoms with E-state index in [2.05, 4.69) is 5.32 Å². The molecule has 4 nitrogen and oxygen atoms in total. The molecule has 0 spiro atoms. The lowest BCUT2D eigenvalue weighted by Crippen LogP contribution is -2.52. The third-order valence-electron chi connectivity index (χ3n) is 3.24. The van der Waals surface area contributed by atoms with Gasteiger partial charge in [0.05, 0.1) is 0 Å². The average molecular weight is 282 g/mol. The van der Waals surface area contributed by atoms with E-state index < -0.39 is 17.2 Å². The Hall–Kier alpha value is -1.98. The molecule has 2 amide bonds. The van der Waals surface area contributed by atoms with Crippen LogP contribution in [0.4, 0.5) is 8.78 Å². The van der Waals surface area contributed by atoms with Gasteiger partial charge in [0.2, 0.25) is 11.8 Å². The normalized spacial score (nSPS) is 18.7. The number of nitrogens with one attached hydrogen (secondary N) is 1. The summed E-state index contributed by atoms with van der Waals surface area (Å²) < 4.78 is 26.1. The number of carbonyl (C=O) groups is 2. The molecule has 1 fully saturated rings. The number of rotatable bonds is 2. The zero-order valence-electron chi connectivity index (χ0n) is 11.4. The molecule has 0 saturated carbocycles. The Morgan fingerprint density at radius 2 is 1.95 bits per heavy atom. The van der Waals surface area contributed by atoms with Crippen LogP contribution in [0.3, 0.4) is 0 Å². The van der Waals surface area contributed by atoms with Crippen LogP contribution in [0.25, 0.3) is 0 Å². The second-order valence-electron chi connectivity index (χ2n) is 5.40. The lowest BCUT2D eigenvalue weighted by molar-refractivity contribution is -0.137. The van der Waals surface area contributed by atoms with Gasteiger partial charge in [-0.2, -0.15) is 0 Å². The van der Waals surface area contributed by atoms with Gasteiger partial charge < -0.3 is 10.2 Å². The van der Waals surface area contributed by atoms with Gasteiger partial charge in [-0.05, 0) is 31.5 Å². The summed E-state index contributed by atoms with van der Waals surface area (Å²) in [4.78, 5) is 25.3. The van der Waals surface area contributed by atoms with E-state index in [-0.39, 0.29) is 31.3 Å². The lowest BCUT2D eigenvalue weighted by atomic mass is 10.0. The Kier molecular flexibility index (Phi) is 3.74. The molecule has 108 valence electrons. The molecular formula is C14H16F2N2O2. The molecule has 1 aliphatic rings. The van der Waals surface area contributed by atoms with E-state index >= 15 is 0 Å². The highest BCUT2D eigenvalue weighted by molar-refractivity contribution is 5.92. The molecule has 0 bridgehead atoms. The maximum Gasteiger partial charge on any atom is 0.248 e. The second kappa shape index (κ2) is 5.19. The first-order valence-electron chi connectivity index (χ1n) is 6.34. The Morgan fingerprint density at radius 3 is 2.60 bits per heavy atom. The minimum atomic E-state index is -0.994.